The number of para-hydroxylation sites is 1. The fraction of sp³-hybridized carbons (Fsp3) is 0.510. The molecule has 1 aromatic heterocycles. The van der Waals surface area contributed by atoms with Crippen molar-refractivity contribution in [3.05, 3.63) is 94.7 Å². The third-order valence-corrected chi connectivity index (χ3v) is 12.3. The number of aliphatic carboxylic acids is 1. The van der Waals surface area contributed by atoms with Crippen LogP contribution in [0.2, 0.25) is 0 Å². The van der Waals surface area contributed by atoms with Crippen molar-refractivity contribution in [2.24, 2.45) is 17.8 Å². The highest BCUT2D eigenvalue weighted by atomic mass is 16.5. The van der Waals surface area contributed by atoms with Crippen molar-refractivity contribution < 1.29 is 28.7 Å². The highest BCUT2D eigenvalue weighted by molar-refractivity contribution is 5.83. The van der Waals surface area contributed by atoms with E-state index >= 15 is 0 Å². The molecule has 3 aromatic carbocycles. The molecule has 0 radical (unpaired) electrons. The molecule has 7 nitrogen and oxygen atoms in total. The number of aromatic nitrogens is 1. The number of hydrogen-bond donors (Lipinski definition) is 1. The monoisotopic (exact) mass is 790 g/mol. The number of nitrogens with zero attached hydrogens (tertiary/aromatic N) is 2. The SMILES string of the molecule is Cc1c(OC(=O)C(CC(=O)O)[n+]2c(/C=C/c3ccc(N(C)C)cc3)ccc3ccccc32)cc2c(c1C)OC(C)(CCCC(C)CCCC(C)CCCC(C)C)CC2. The van der Waals surface area contributed by atoms with Gasteiger partial charge < -0.3 is 19.5 Å². The van der Waals surface area contributed by atoms with E-state index in [9.17, 15) is 14.7 Å². The van der Waals surface area contributed by atoms with Gasteiger partial charge in [-0.15, -0.1) is 0 Å². The number of carboxylic acid groups (broad SMARTS) is 1. The Balaban J connectivity index is 1.28. The van der Waals surface area contributed by atoms with Crippen molar-refractivity contribution in [3.63, 3.8) is 0 Å². The molecule has 0 saturated heterocycles. The predicted molar refractivity (Wildman–Crippen MR) is 239 cm³/mol. The van der Waals surface area contributed by atoms with Gasteiger partial charge >= 0.3 is 11.9 Å². The Morgan fingerprint density at radius 2 is 1.52 bits per heavy atom. The van der Waals surface area contributed by atoms with E-state index in [0.29, 0.717) is 17.4 Å². The smallest absolute Gasteiger partial charge is 0.381 e. The Labute approximate surface area is 348 Å². The molecule has 4 atom stereocenters. The van der Waals surface area contributed by atoms with Crippen LogP contribution in [0.25, 0.3) is 23.1 Å². The van der Waals surface area contributed by atoms with E-state index in [1.807, 2.05) is 116 Å². The molecule has 1 aliphatic rings. The highest BCUT2D eigenvalue weighted by Gasteiger charge is 2.38. The summed E-state index contributed by atoms with van der Waals surface area (Å²) < 4.78 is 14.9. The molecule has 0 amide bonds. The van der Waals surface area contributed by atoms with Crippen molar-refractivity contribution in [1.29, 1.82) is 0 Å². The van der Waals surface area contributed by atoms with Crippen LogP contribution in [-0.2, 0) is 16.0 Å². The van der Waals surface area contributed by atoms with Crippen molar-refractivity contribution in [3.8, 4) is 11.5 Å². The van der Waals surface area contributed by atoms with Crippen LogP contribution in [0.4, 0.5) is 5.69 Å². The molecule has 5 rings (SSSR count). The average Bonchev–Trinajstić information content (AvgIpc) is 3.18. The van der Waals surface area contributed by atoms with E-state index in [2.05, 4.69) is 34.6 Å². The Kier molecular flexibility index (Phi) is 15.6. The molecule has 0 bridgehead atoms. The summed E-state index contributed by atoms with van der Waals surface area (Å²) in [6.07, 6.45) is 16.6. The number of rotatable bonds is 20. The molecule has 4 aromatic rings. The van der Waals surface area contributed by atoms with Crippen molar-refractivity contribution in [2.75, 3.05) is 19.0 Å². The van der Waals surface area contributed by atoms with Crippen LogP contribution in [0.5, 0.6) is 11.5 Å². The number of pyridine rings is 1. The van der Waals surface area contributed by atoms with E-state index < -0.39 is 24.4 Å². The third-order valence-electron chi connectivity index (χ3n) is 12.3. The molecule has 0 fully saturated rings. The summed E-state index contributed by atoms with van der Waals surface area (Å²) in [5.74, 6) is 1.98. The molecule has 7 heteroatoms. The van der Waals surface area contributed by atoms with Gasteiger partial charge in [-0.1, -0.05) is 96.9 Å². The minimum atomic E-state index is -1.12. The number of benzene rings is 3. The summed E-state index contributed by atoms with van der Waals surface area (Å²) in [6, 6.07) is 20.6. The average molecular weight is 790 g/mol. The van der Waals surface area contributed by atoms with Gasteiger partial charge in [0, 0.05) is 43.4 Å². The minimum absolute atomic E-state index is 0.247. The first-order valence-corrected chi connectivity index (χ1v) is 21.8. The summed E-state index contributed by atoms with van der Waals surface area (Å²) in [5.41, 5.74) is 6.08. The van der Waals surface area contributed by atoms with Crippen LogP contribution < -0.4 is 18.9 Å². The number of aryl methyl sites for hydroxylation is 1. The number of anilines is 1. The van der Waals surface area contributed by atoms with Crippen LogP contribution in [0, 0.1) is 31.6 Å². The van der Waals surface area contributed by atoms with Gasteiger partial charge in [-0.3, -0.25) is 4.79 Å². The lowest BCUT2D eigenvalue weighted by atomic mass is 9.85. The third kappa shape index (κ3) is 12.0. The maximum absolute atomic E-state index is 14.3. The summed E-state index contributed by atoms with van der Waals surface area (Å²) in [7, 11) is 4.01. The number of fused-ring (bicyclic) bond motifs is 2. The van der Waals surface area contributed by atoms with Crippen LogP contribution >= 0.6 is 0 Å². The first-order valence-electron chi connectivity index (χ1n) is 21.8. The normalized spacial score (nSPS) is 16.9. The van der Waals surface area contributed by atoms with Gasteiger partial charge in [-0.2, -0.15) is 4.57 Å². The van der Waals surface area contributed by atoms with Crippen molar-refractivity contribution in [1.82, 2.24) is 0 Å². The van der Waals surface area contributed by atoms with Gasteiger partial charge in [0.15, 0.2) is 0 Å². The Morgan fingerprint density at radius 1 is 0.862 bits per heavy atom. The van der Waals surface area contributed by atoms with Gasteiger partial charge in [0.25, 0.3) is 6.04 Å². The molecule has 0 saturated carbocycles. The largest absolute Gasteiger partial charge is 0.487 e. The molecular weight excluding hydrogens is 721 g/mol. The fourth-order valence-electron chi connectivity index (χ4n) is 8.45. The second kappa shape index (κ2) is 20.4. The van der Waals surface area contributed by atoms with Crippen LogP contribution in [0.1, 0.15) is 139 Å². The second-order valence-corrected chi connectivity index (χ2v) is 18.1. The van der Waals surface area contributed by atoms with E-state index in [0.717, 1.165) is 82.1 Å². The van der Waals surface area contributed by atoms with Gasteiger partial charge in [-0.25, -0.2) is 4.79 Å². The fourth-order valence-corrected chi connectivity index (χ4v) is 8.45. The number of esters is 1. The van der Waals surface area contributed by atoms with Gasteiger partial charge in [0.05, 0.1) is 0 Å². The molecule has 4 unspecified atom stereocenters. The molecule has 2 heterocycles. The number of hydrogen-bond acceptors (Lipinski definition) is 5. The first kappa shape index (κ1) is 44.5. The molecular formula is C51H69N2O5+. The molecule has 58 heavy (non-hydrogen) atoms. The number of ether oxygens (including phenoxy) is 2. The zero-order valence-corrected chi connectivity index (χ0v) is 36.8. The summed E-state index contributed by atoms with van der Waals surface area (Å²) in [6.45, 7) is 15.7. The zero-order valence-electron chi connectivity index (χ0n) is 36.8. The Morgan fingerprint density at radius 3 is 2.17 bits per heavy atom. The number of carbonyl (C=O) groups excluding carboxylic acids is 1. The van der Waals surface area contributed by atoms with Gasteiger partial charge in [0.2, 0.25) is 11.2 Å². The minimum Gasteiger partial charge on any atom is -0.487 e. The molecule has 312 valence electrons. The van der Waals surface area contributed by atoms with Crippen LogP contribution in [-0.4, -0.2) is 36.7 Å². The van der Waals surface area contributed by atoms with Gasteiger partial charge in [0.1, 0.15) is 23.5 Å². The zero-order chi connectivity index (χ0) is 42.0. The van der Waals surface area contributed by atoms with Crippen LogP contribution in [0.3, 0.4) is 0 Å². The van der Waals surface area contributed by atoms with E-state index in [1.165, 1.54) is 44.9 Å². The highest BCUT2D eigenvalue weighted by Crippen LogP contribution is 2.43. The van der Waals surface area contributed by atoms with E-state index in [4.69, 9.17) is 9.47 Å². The maximum Gasteiger partial charge on any atom is 0.381 e. The quantitative estimate of drug-likeness (QED) is 0.0546. The maximum atomic E-state index is 14.3. The standard InChI is InChI=1S/C51H68N2O5/c1-35(2)15-12-16-36(3)17-13-18-37(4)19-14-31-51(7)32-30-42-33-47(38(5)39(6)49(42)58-51)57-50(56)46(34-48(54)55)53-44(29-25-41-20-10-11-21-45(41)53)28-24-40-22-26-43(27-23-40)52(8)9/h10-11,20-29,33,35-37,46H,12-19,30-32,34H2,1-9H3/p+1. The first-order chi connectivity index (χ1) is 27.6. The summed E-state index contributed by atoms with van der Waals surface area (Å²) >= 11 is 0. The number of carbonyl (C=O) groups is 2. The lowest BCUT2D eigenvalue weighted by molar-refractivity contribution is -0.686. The van der Waals surface area contributed by atoms with E-state index in [1.54, 1.807) is 0 Å². The number of carboxylic acids is 1. The van der Waals surface area contributed by atoms with Gasteiger partial charge in [-0.05, 0) is 123 Å². The lowest BCUT2D eigenvalue weighted by Gasteiger charge is -2.37. The second-order valence-electron chi connectivity index (χ2n) is 18.1. The predicted octanol–water partition coefficient (Wildman–Crippen LogP) is 12.1. The van der Waals surface area contributed by atoms with Crippen molar-refractivity contribution in [2.45, 2.75) is 137 Å². The Bertz CT molecular complexity index is 2030. The van der Waals surface area contributed by atoms with Crippen LogP contribution in [0.15, 0.2) is 66.7 Å². The van der Waals surface area contributed by atoms with Crippen molar-refractivity contribution >= 4 is 40.7 Å². The molecule has 0 spiro atoms. The lowest BCUT2D eigenvalue weighted by Crippen LogP contribution is -2.49. The summed E-state index contributed by atoms with van der Waals surface area (Å²) in [5, 5.41) is 11.0. The Hall–Kier alpha value is -4.65. The topological polar surface area (TPSA) is 80.0 Å². The molecule has 0 aliphatic carbocycles. The van der Waals surface area contributed by atoms with E-state index in [-0.39, 0.29) is 5.60 Å². The summed E-state index contributed by atoms with van der Waals surface area (Å²) in [4.78, 5) is 28.8. The molecule has 1 N–H and O–H groups in total. The molecule has 1 aliphatic heterocycles.